The van der Waals surface area contributed by atoms with E-state index >= 15 is 0 Å². The van der Waals surface area contributed by atoms with Crippen LogP contribution in [-0.2, 0) is 16.4 Å². The average Bonchev–Trinajstić information content (AvgIpc) is 3.30. The third-order valence-corrected chi connectivity index (χ3v) is 9.17. The third kappa shape index (κ3) is 4.93. The first-order valence-electron chi connectivity index (χ1n) is 11.5. The summed E-state index contributed by atoms with van der Waals surface area (Å²) in [5, 5.41) is 14.2. The van der Waals surface area contributed by atoms with Crippen LogP contribution in [0.25, 0.3) is 11.1 Å². The lowest BCUT2D eigenvalue weighted by Gasteiger charge is -2.28. The Labute approximate surface area is 209 Å². The van der Waals surface area contributed by atoms with Gasteiger partial charge in [-0.05, 0) is 75.0 Å². The lowest BCUT2D eigenvalue weighted by Crippen LogP contribution is -2.44. The Morgan fingerprint density at radius 1 is 0.853 bits per heavy atom. The molecule has 3 aromatic carbocycles. The van der Waals surface area contributed by atoms with Crippen LogP contribution in [0.2, 0.25) is 0 Å². The van der Waals surface area contributed by atoms with Crippen molar-refractivity contribution in [3.63, 3.8) is 0 Å². The maximum Gasteiger partial charge on any atom is 0.283 e. The standard InChI is InChI=1S/C30H30NOSSi/c1-21-23(20-32-34(24-12-8-6-9-13-24)25-14-10-7-11-15-25)18-27(22(2)29(21)30(3,4)5)26-16-17-33-28(26)19-31/h6-18H,20H2,1-5H3. The second-order valence-electron chi connectivity index (χ2n) is 9.58. The summed E-state index contributed by atoms with van der Waals surface area (Å²) in [7, 11) is -1.40. The second-order valence-corrected chi connectivity index (χ2v) is 12.6. The van der Waals surface area contributed by atoms with Crippen molar-refractivity contribution in [1.82, 2.24) is 0 Å². The Bertz CT molecular complexity index is 1270. The summed E-state index contributed by atoms with van der Waals surface area (Å²) in [5.41, 5.74) is 7.20. The highest BCUT2D eigenvalue weighted by molar-refractivity contribution is 7.11. The van der Waals surface area contributed by atoms with E-state index in [9.17, 15) is 5.26 Å². The van der Waals surface area contributed by atoms with Crippen molar-refractivity contribution < 1.29 is 4.43 Å². The van der Waals surface area contributed by atoms with Gasteiger partial charge >= 0.3 is 0 Å². The first-order chi connectivity index (χ1) is 16.3. The quantitative estimate of drug-likeness (QED) is 0.294. The van der Waals surface area contributed by atoms with Gasteiger partial charge in [0.2, 0.25) is 0 Å². The van der Waals surface area contributed by atoms with Gasteiger partial charge in [-0.3, -0.25) is 0 Å². The molecule has 0 fully saturated rings. The molecule has 0 aliphatic heterocycles. The molecule has 0 spiro atoms. The zero-order chi connectivity index (χ0) is 24.3. The Kier molecular flexibility index (Phi) is 7.18. The van der Waals surface area contributed by atoms with Gasteiger partial charge in [0.15, 0.2) is 0 Å². The Morgan fingerprint density at radius 3 is 1.97 bits per heavy atom. The van der Waals surface area contributed by atoms with Gasteiger partial charge in [-0.1, -0.05) is 81.4 Å². The summed E-state index contributed by atoms with van der Waals surface area (Å²) < 4.78 is 6.76. The molecule has 34 heavy (non-hydrogen) atoms. The van der Waals surface area contributed by atoms with Crippen molar-refractivity contribution >= 4 is 30.8 Å². The Morgan fingerprint density at radius 2 is 1.44 bits per heavy atom. The first kappa shape index (κ1) is 24.2. The van der Waals surface area contributed by atoms with E-state index in [1.807, 2.05) is 17.5 Å². The maximum atomic E-state index is 9.68. The molecule has 0 bridgehead atoms. The Hall–Kier alpha value is -2.97. The van der Waals surface area contributed by atoms with Gasteiger partial charge in [0, 0.05) is 5.56 Å². The van der Waals surface area contributed by atoms with Crippen molar-refractivity contribution in [2.75, 3.05) is 0 Å². The molecule has 0 saturated heterocycles. The number of thiophene rings is 1. The van der Waals surface area contributed by atoms with Gasteiger partial charge in [0.25, 0.3) is 9.04 Å². The molecule has 0 N–H and O–H groups in total. The minimum Gasteiger partial charge on any atom is -0.403 e. The fraction of sp³-hybridized carbons (Fsp3) is 0.233. The molecule has 4 rings (SSSR count). The number of hydrogen-bond acceptors (Lipinski definition) is 3. The number of nitrogens with zero attached hydrogens (tertiary/aromatic N) is 1. The van der Waals surface area contributed by atoms with E-state index in [0.717, 1.165) is 16.0 Å². The predicted molar refractivity (Wildman–Crippen MR) is 145 cm³/mol. The second kappa shape index (κ2) is 10.1. The van der Waals surface area contributed by atoms with Crippen LogP contribution >= 0.6 is 11.3 Å². The van der Waals surface area contributed by atoms with Crippen molar-refractivity contribution in [1.29, 1.82) is 5.26 Å². The van der Waals surface area contributed by atoms with Crippen LogP contribution in [0.5, 0.6) is 0 Å². The molecule has 1 aromatic heterocycles. The van der Waals surface area contributed by atoms with Crippen LogP contribution in [0.15, 0.2) is 78.2 Å². The summed E-state index contributed by atoms with van der Waals surface area (Å²) in [6, 6.07) is 27.8. The van der Waals surface area contributed by atoms with Crippen LogP contribution in [0.3, 0.4) is 0 Å². The molecule has 0 atom stereocenters. The van der Waals surface area contributed by atoms with Crippen molar-refractivity contribution in [2.45, 2.75) is 46.6 Å². The monoisotopic (exact) mass is 480 g/mol. The lowest BCUT2D eigenvalue weighted by molar-refractivity contribution is 0.320. The number of benzene rings is 3. The van der Waals surface area contributed by atoms with Crippen LogP contribution in [0, 0.1) is 25.2 Å². The van der Waals surface area contributed by atoms with Crippen LogP contribution < -0.4 is 10.4 Å². The molecular weight excluding hydrogens is 450 g/mol. The van der Waals surface area contributed by atoms with Gasteiger partial charge in [-0.15, -0.1) is 11.3 Å². The molecule has 0 amide bonds. The number of rotatable bonds is 6. The van der Waals surface area contributed by atoms with E-state index < -0.39 is 9.04 Å². The van der Waals surface area contributed by atoms with E-state index in [4.69, 9.17) is 4.43 Å². The van der Waals surface area contributed by atoms with Gasteiger partial charge in [-0.2, -0.15) is 5.26 Å². The van der Waals surface area contributed by atoms with Gasteiger partial charge < -0.3 is 4.43 Å². The molecule has 1 heterocycles. The summed E-state index contributed by atoms with van der Waals surface area (Å²) in [4.78, 5) is 0.761. The van der Waals surface area contributed by atoms with E-state index in [-0.39, 0.29) is 5.41 Å². The van der Waals surface area contributed by atoms with E-state index in [0.29, 0.717) is 6.61 Å². The van der Waals surface area contributed by atoms with Crippen LogP contribution in [0.1, 0.15) is 47.9 Å². The summed E-state index contributed by atoms with van der Waals surface area (Å²) in [6.45, 7) is 11.7. The normalized spacial score (nSPS) is 11.6. The highest BCUT2D eigenvalue weighted by Gasteiger charge is 2.26. The zero-order valence-electron chi connectivity index (χ0n) is 20.5. The van der Waals surface area contributed by atoms with E-state index in [1.54, 1.807) is 0 Å². The zero-order valence-corrected chi connectivity index (χ0v) is 22.3. The Balaban J connectivity index is 1.79. The molecule has 0 aliphatic carbocycles. The molecule has 171 valence electrons. The molecule has 0 unspecified atom stereocenters. The maximum absolute atomic E-state index is 9.68. The third-order valence-electron chi connectivity index (χ3n) is 6.21. The highest BCUT2D eigenvalue weighted by atomic mass is 32.1. The number of nitriles is 1. The summed E-state index contributed by atoms with van der Waals surface area (Å²) in [5.74, 6) is 0. The van der Waals surface area contributed by atoms with Crippen LogP contribution in [-0.4, -0.2) is 9.04 Å². The molecule has 0 aliphatic rings. The SMILES string of the molecule is Cc1c(CO[Si](c2ccccc2)c2ccccc2)cc(-c2ccsc2C#N)c(C)c1C(C)(C)C. The first-order valence-corrected chi connectivity index (χ1v) is 13.8. The molecule has 4 aromatic rings. The smallest absolute Gasteiger partial charge is 0.283 e. The van der Waals surface area contributed by atoms with Crippen molar-refractivity contribution in [3.05, 3.63) is 105 Å². The predicted octanol–water partition coefficient (Wildman–Crippen LogP) is 6.52. The topological polar surface area (TPSA) is 33.0 Å². The van der Waals surface area contributed by atoms with Crippen molar-refractivity contribution in [2.24, 2.45) is 0 Å². The fourth-order valence-electron chi connectivity index (χ4n) is 4.79. The minimum atomic E-state index is -1.40. The lowest BCUT2D eigenvalue weighted by atomic mass is 9.77. The molecule has 2 nitrogen and oxygen atoms in total. The summed E-state index contributed by atoms with van der Waals surface area (Å²) >= 11 is 1.50. The largest absolute Gasteiger partial charge is 0.403 e. The van der Waals surface area contributed by atoms with Crippen LogP contribution in [0.4, 0.5) is 0 Å². The average molecular weight is 481 g/mol. The van der Waals surface area contributed by atoms with Gasteiger partial charge in [0.05, 0.1) is 6.61 Å². The summed E-state index contributed by atoms with van der Waals surface area (Å²) in [6.07, 6.45) is 0. The van der Waals surface area contributed by atoms with Gasteiger partial charge in [-0.25, -0.2) is 0 Å². The minimum absolute atomic E-state index is 0.0194. The fourth-order valence-corrected chi connectivity index (χ4v) is 7.45. The molecule has 1 radical (unpaired) electrons. The molecule has 4 heteroatoms. The van der Waals surface area contributed by atoms with E-state index in [2.05, 4.69) is 101 Å². The molecule has 0 saturated carbocycles. The van der Waals surface area contributed by atoms with E-state index in [1.165, 1.54) is 44.0 Å². The number of hydrogen-bond donors (Lipinski definition) is 0. The van der Waals surface area contributed by atoms with Gasteiger partial charge in [0.1, 0.15) is 10.9 Å². The highest BCUT2D eigenvalue weighted by Crippen LogP contribution is 2.39. The van der Waals surface area contributed by atoms with Crippen molar-refractivity contribution in [3.8, 4) is 17.2 Å². The molecular formula is C30H30NOSSi.